The normalized spacial score (nSPS) is 10.9. The van der Waals surface area contributed by atoms with Crippen LogP contribution in [0.2, 0.25) is 0 Å². The van der Waals surface area contributed by atoms with Gasteiger partial charge in [-0.25, -0.2) is 0 Å². The van der Waals surface area contributed by atoms with Crippen LogP contribution in [0, 0.1) is 3.57 Å². The van der Waals surface area contributed by atoms with E-state index >= 15 is 0 Å². The van der Waals surface area contributed by atoms with Gasteiger partial charge in [0, 0.05) is 14.9 Å². The van der Waals surface area contributed by atoms with Crippen molar-refractivity contribution in [3.8, 4) is 0 Å². The number of thiophene rings is 1. The lowest BCUT2D eigenvalue weighted by atomic mass is 10.0. The van der Waals surface area contributed by atoms with Crippen LogP contribution in [0.5, 0.6) is 0 Å². The monoisotopic (exact) mass is 350 g/mol. The first kappa shape index (κ1) is 11.2. The quantitative estimate of drug-likeness (QED) is 0.565. The Morgan fingerprint density at radius 1 is 0.941 bits per heavy atom. The van der Waals surface area contributed by atoms with Crippen LogP contribution in [0.25, 0.3) is 10.8 Å². The third-order valence-electron chi connectivity index (χ3n) is 2.83. The Bertz CT molecular complexity index is 641. The molecule has 3 aromatic rings. The Balaban J connectivity index is 1.99. The van der Waals surface area contributed by atoms with Crippen molar-refractivity contribution < 1.29 is 0 Å². The molecule has 0 saturated heterocycles. The standard InChI is InChI=1S/C15H11IS/c16-14-6-5-12-8-11(3-4-13(12)10-14)9-15-2-1-7-17-15/h1-8,10H,9H2. The van der Waals surface area contributed by atoms with E-state index in [9.17, 15) is 0 Å². The van der Waals surface area contributed by atoms with E-state index in [1.807, 2.05) is 11.3 Å². The minimum absolute atomic E-state index is 1.04. The molecular formula is C15H11IS. The zero-order chi connectivity index (χ0) is 11.7. The summed E-state index contributed by atoms with van der Waals surface area (Å²) in [4.78, 5) is 1.43. The van der Waals surface area contributed by atoms with E-state index in [4.69, 9.17) is 0 Å². The highest BCUT2D eigenvalue weighted by Gasteiger charge is 2.00. The predicted octanol–water partition coefficient (Wildman–Crippen LogP) is 5.10. The lowest BCUT2D eigenvalue weighted by molar-refractivity contribution is 1.25. The number of benzene rings is 2. The van der Waals surface area contributed by atoms with Gasteiger partial charge in [0.2, 0.25) is 0 Å². The lowest BCUT2D eigenvalue weighted by Gasteiger charge is -2.03. The van der Waals surface area contributed by atoms with E-state index < -0.39 is 0 Å². The molecule has 0 bridgehead atoms. The maximum Gasteiger partial charge on any atom is 0.0136 e. The van der Waals surface area contributed by atoms with E-state index in [2.05, 4.69) is 76.5 Å². The molecule has 2 heteroatoms. The summed E-state index contributed by atoms with van der Waals surface area (Å²) in [5, 5.41) is 4.80. The van der Waals surface area contributed by atoms with Gasteiger partial charge in [0.25, 0.3) is 0 Å². The Kier molecular flexibility index (Phi) is 3.16. The number of hydrogen-bond acceptors (Lipinski definition) is 1. The van der Waals surface area contributed by atoms with Gasteiger partial charge in [-0.15, -0.1) is 11.3 Å². The third kappa shape index (κ3) is 2.53. The number of rotatable bonds is 2. The fourth-order valence-electron chi connectivity index (χ4n) is 1.99. The molecular weight excluding hydrogens is 339 g/mol. The van der Waals surface area contributed by atoms with Crippen molar-refractivity contribution in [3.05, 3.63) is 67.9 Å². The van der Waals surface area contributed by atoms with Crippen molar-refractivity contribution in [1.29, 1.82) is 0 Å². The molecule has 0 nitrogen and oxygen atoms in total. The molecule has 0 atom stereocenters. The Hall–Kier alpha value is -0.870. The predicted molar refractivity (Wildman–Crippen MR) is 83.8 cm³/mol. The second kappa shape index (κ2) is 4.78. The average Bonchev–Trinajstić information content (AvgIpc) is 2.82. The first-order valence-corrected chi connectivity index (χ1v) is 7.48. The zero-order valence-corrected chi connectivity index (χ0v) is 12.2. The summed E-state index contributed by atoms with van der Waals surface area (Å²) >= 11 is 4.18. The van der Waals surface area contributed by atoms with Crippen molar-refractivity contribution in [2.24, 2.45) is 0 Å². The Morgan fingerprint density at radius 3 is 2.59 bits per heavy atom. The summed E-state index contributed by atoms with van der Waals surface area (Å²) in [7, 11) is 0. The summed E-state index contributed by atoms with van der Waals surface area (Å²) in [6.45, 7) is 0. The van der Waals surface area contributed by atoms with Crippen molar-refractivity contribution in [2.75, 3.05) is 0 Å². The van der Waals surface area contributed by atoms with Crippen LogP contribution in [0.4, 0.5) is 0 Å². The molecule has 1 heterocycles. The third-order valence-corrected chi connectivity index (χ3v) is 4.37. The second-order valence-electron chi connectivity index (χ2n) is 4.08. The van der Waals surface area contributed by atoms with Crippen LogP contribution in [0.1, 0.15) is 10.4 Å². The van der Waals surface area contributed by atoms with Gasteiger partial charge in [-0.3, -0.25) is 0 Å². The van der Waals surface area contributed by atoms with Crippen LogP contribution >= 0.6 is 33.9 Å². The van der Waals surface area contributed by atoms with Crippen molar-refractivity contribution in [2.45, 2.75) is 6.42 Å². The van der Waals surface area contributed by atoms with Crippen LogP contribution in [-0.2, 0) is 6.42 Å². The highest BCUT2D eigenvalue weighted by molar-refractivity contribution is 14.1. The van der Waals surface area contributed by atoms with Gasteiger partial charge in [0.05, 0.1) is 0 Å². The average molecular weight is 350 g/mol. The summed E-state index contributed by atoms with van der Waals surface area (Å²) in [6, 6.07) is 17.7. The Morgan fingerprint density at radius 2 is 1.76 bits per heavy atom. The number of fused-ring (bicyclic) bond motifs is 1. The van der Waals surface area contributed by atoms with Crippen molar-refractivity contribution in [3.63, 3.8) is 0 Å². The summed E-state index contributed by atoms with van der Waals surface area (Å²) in [6.07, 6.45) is 1.04. The highest BCUT2D eigenvalue weighted by atomic mass is 127. The molecule has 0 unspecified atom stereocenters. The molecule has 0 N–H and O–H groups in total. The first-order chi connectivity index (χ1) is 8.31. The summed E-state index contributed by atoms with van der Waals surface area (Å²) < 4.78 is 1.29. The second-order valence-corrected chi connectivity index (χ2v) is 6.36. The van der Waals surface area contributed by atoms with E-state index in [1.54, 1.807) is 0 Å². The zero-order valence-electron chi connectivity index (χ0n) is 9.19. The fraction of sp³-hybridized carbons (Fsp3) is 0.0667. The molecule has 0 aliphatic carbocycles. The first-order valence-electron chi connectivity index (χ1n) is 5.52. The molecule has 17 heavy (non-hydrogen) atoms. The summed E-state index contributed by atoms with van der Waals surface area (Å²) in [5.41, 5.74) is 1.39. The maximum atomic E-state index is 2.36. The molecule has 0 spiro atoms. The van der Waals surface area contributed by atoms with Gasteiger partial charge in [-0.1, -0.05) is 30.3 Å². The van der Waals surface area contributed by atoms with E-state index in [0.717, 1.165) is 6.42 Å². The van der Waals surface area contributed by atoms with Crippen LogP contribution in [0.3, 0.4) is 0 Å². The fourth-order valence-corrected chi connectivity index (χ4v) is 3.24. The lowest BCUT2D eigenvalue weighted by Crippen LogP contribution is -1.85. The van der Waals surface area contributed by atoms with Gasteiger partial charge in [-0.2, -0.15) is 0 Å². The molecule has 0 amide bonds. The minimum atomic E-state index is 1.04. The molecule has 0 fully saturated rings. The topological polar surface area (TPSA) is 0 Å². The molecule has 2 aromatic carbocycles. The van der Waals surface area contributed by atoms with Crippen molar-refractivity contribution >= 4 is 44.7 Å². The number of hydrogen-bond donors (Lipinski definition) is 0. The van der Waals surface area contributed by atoms with Crippen LogP contribution in [-0.4, -0.2) is 0 Å². The van der Waals surface area contributed by atoms with Gasteiger partial charge >= 0.3 is 0 Å². The largest absolute Gasteiger partial charge is 0.149 e. The van der Waals surface area contributed by atoms with E-state index in [1.165, 1.54) is 24.8 Å². The van der Waals surface area contributed by atoms with Gasteiger partial charge < -0.3 is 0 Å². The van der Waals surface area contributed by atoms with Gasteiger partial charge in [0.15, 0.2) is 0 Å². The minimum Gasteiger partial charge on any atom is -0.149 e. The van der Waals surface area contributed by atoms with Crippen LogP contribution < -0.4 is 0 Å². The van der Waals surface area contributed by atoms with Crippen molar-refractivity contribution in [1.82, 2.24) is 0 Å². The van der Waals surface area contributed by atoms with Gasteiger partial charge in [-0.05, 0) is 62.5 Å². The van der Waals surface area contributed by atoms with E-state index in [0.29, 0.717) is 0 Å². The summed E-state index contributed by atoms with van der Waals surface area (Å²) in [5.74, 6) is 0. The molecule has 84 valence electrons. The van der Waals surface area contributed by atoms with Gasteiger partial charge in [0.1, 0.15) is 0 Å². The van der Waals surface area contributed by atoms with Crippen LogP contribution in [0.15, 0.2) is 53.9 Å². The smallest absolute Gasteiger partial charge is 0.0136 e. The Labute approximate surface area is 118 Å². The SMILES string of the molecule is Ic1ccc2cc(Cc3cccs3)ccc2c1. The molecule has 3 rings (SSSR count). The van der Waals surface area contributed by atoms with E-state index in [-0.39, 0.29) is 0 Å². The maximum absolute atomic E-state index is 2.36. The molecule has 1 aromatic heterocycles. The number of halogens is 1. The molecule has 0 saturated carbocycles. The molecule has 0 aliphatic heterocycles. The highest BCUT2D eigenvalue weighted by Crippen LogP contribution is 2.21. The molecule has 0 radical (unpaired) electrons. The molecule has 0 aliphatic rings.